The highest BCUT2D eigenvalue weighted by Gasteiger charge is 2.13. The van der Waals surface area contributed by atoms with Crippen molar-refractivity contribution in [1.82, 2.24) is 0 Å². The van der Waals surface area contributed by atoms with Gasteiger partial charge >= 0.3 is 0 Å². The average molecular weight is 237 g/mol. The second kappa shape index (κ2) is 5.66. The lowest BCUT2D eigenvalue weighted by Crippen LogP contribution is -2.06. The van der Waals surface area contributed by atoms with Gasteiger partial charge < -0.3 is 0 Å². The Labute approximate surface area is 96.8 Å². The second-order valence-electron chi connectivity index (χ2n) is 3.63. The number of nitrogens with zero attached hydrogens (tertiary/aromatic N) is 1. The Bertz CT molecular complexity index is 469. The SMILES string of the molecule is [C-]#[N+]c1ccc(S(=O)(=O)CCCCC)cc1. The zero-order chi connectivity index (χ0) is 12.0. The van der Waals surface area contributed by atoms with Gasteiger partial charge in [-0.25, -0.2) is 13.3 Å². The fraction of sp³-hybridized carbons (Fsp3) is 0.417. The molecule has 3 nitrogen and oxygen atoms in total. The smallest absolute Gasteiger partial charge is 0.187 e. The molecular weight excluding hydrogens is 222 g/mol. The molecule has 0 fully saturated rings. The average Bonchev–Trinajstić information content (AvgIpc) is 2.29. The van der Waals surface area contributed by atoms with Gasteiger partial charge in [0.05, 0.1) is 17.2 Å². The Morgan fingerprint density at radius 2 is 1.81 bits per heavy atom. The van der Waals surface area contributed by atoms with Crippen molar-refractivity contribution >= 4 is 15.5 Å². The molecule has 0 saturated heterocycles. The number of hydrogen-bond donors (Lipinski definition) is 0. The summed E-state index contributed by atoms with van der Waals surface area (Å²) in [5, 5.41) is 0. The van der Waals surface area contributed by atoms with Crippen LogP contribution in [0.4, 0.5) is 5.69 Å². The molecule has 0 unspecified atom stereocenters. The van der Waals surface area contributed by atoms with E-state index in [2.05, 4.69) is 4.85 Å². The van der Waals surface area contributed by atoms with Gasteiger partial charge in [-0.05, 0) is 6.42 Å². The lowest BCUT2D eigenvalue weighted by Gasteiger charge is -2.03. The summed E-state index contributed by atoms with van der Waals surface area (Å²) >= 11 is 0. The third-order valence-electron chi connectivity index (χ3n) is 2.34. The summed E-state index contributed by atoms with van der Waals surface area (Å²) in [6, 6.07) is 6.10. The van der Waals surface area contributed by atoms with Crippen LogP contribution in [0, 0.1) is 6.57 Å². The topological polar surface area (TPSA) is 38.5 Å². The van der Waals surface area contributed by atoms with Crippen LogP contribution in [0.15, 0.2) is 29.2 Å². The van der Waals surface area contributed by atoms with Crippen molar-refractivity contribution in [3.8, 4) is 0 Å². The lowest BCUT2D eigenvalue weighted by atomic mass is 10.3. The minimum atomic E-state index is -3.16. The van der Waals surface area contributed by atoms with Gasteiger partial charge in [-0.3, -0.25) is 0 Å². The van der Waals surface area contributed by atoms with Crippen molar-refractivity contribution in [2.45, 2.75) is 31.1 Å². The van der Waals surface area contributed by atoms with Crippen molar-refractivity contribution in [2.24, 2.45) is 0 Å². The fourth-order valence-electron chi connectivity index (χ4n) is 1.39. The Morgan fingerprint density at radius 1 is 1.19 bits per heavy atom. The molecule has 0 radical (unpaired) electrons. The molecule has 0 bridgehead atoms. The highest BCUT2D eigenvalue weighted by molar-refractivity contribution is 7.91. The van der Waals surface area contributed by atoms with E-state index in [1.807, 2.05) is 6.92 Å². The number of hydrogen-bond acceptors (Lipinski definition) is 2. The van der Waals surface area contributed by atoms with Crippen LogP contribution in [0.5, 0.6) is 0 Å². The fourth-order valence-corrected chi connectivity index (χ4v) is 2.76. The molecule has 0 saturated carbocycles. The van der Waals surface area contributed by atoms with E-state index in [-0.39, 0.29) is 5.75 Å². The van der Waals surface area contributed by atoms with Gasteiger partial charge in [0.15, 0.2) is 15.5 Å². The zero-order valence-corrected chi connectivity index (χ0v) is 10.1. The molecule has 0 amide bonds. The maximum Gasteiger partial charge on any atom is 0.187 e. The molecule has 0 heterocycles. The number of rotatable bonds is 5. The first-order valence-corrected chi connectivity index (χ1v) is 6.95. The van der Waals surface area contributed by atoms with Gasteiger partial charge in [-0.1, -0.05) is 44.0 Å². The Balaban J connectivity index is 2.79. The van der Waals surface area contributed by atoms with Gasteiger partial charge in [0.1, 0.15) is 0 Å². The van der Waals surface area contributed by atoms with Crippen LogP contribution in [0.1, 0.15) is 26.2 Å². The molecule has 0 aromatic heterocycles. The predicted octanol–water partition coefficient (Wildman–Crippen LogP) is 3.20. The summed E-state index contributed by atoms with van der Waals surface area (Å²) in [5.41, 5.74) is 0.465. The van der Waals surface area contributed by atoms with Crippen LogP contribution in [-0.4, -0.2) is 14.2 Å². The molecule has 0 N–H and O–H groups in total. The van der Waals surface area contributed by atoms with E-state index in [0.29, 0.717) is 17.0 Å². The Morgan fingerprint density at radius 3 is 2.31 bits per heavy atom. The molecule has 1 aromatic carbocycles. The standard InChI is InChI=1S/C12H15NO2S/c1-3-4-5-10-16(14,15)12-8-6-11(13-2)7-9-12/h6-9H,3-5,10H2,1H3. The van der Waals surface area contributed by atoms with Crippen molar-refractivity contribution < 1.29 is 8.42 Å². The molecule has 0 aliphatic heterocycles. The third-order valence-corrected chi connectivity index (χ3v) is 4.16. The normalized spacial score (nSPS) is 11.0. The van der Waals surface area contributed by atoms with Gasteiger partial charge in [0, 0.05) is 0 Å². The Kier molecular flexibility index (Phi) is 4.51. The van der Waals surface area contributed by atoms with Crippen LogP contribution in [0.3, 0.4) is 0 Å². The maximum absolute atomic E-state index is 11.8. The van der Waals surface area contributed by atoms with E-state index in [4.69, 9.17) is 6.57 Å². The molecule has 4 heteroatoms. The number of benzene rings is 1. The monoisotopic (exact) mass is 237 g/mol. The van der Waals surface area contributed by atoms with Crippen LogP contribution < -0.4 is 0 Å². The minimum absolute atomic E-state index is 0.193. The van der Waals surface area contributed by atoms with Crippen molar-refractivity contribution in [2.75, 3.05) is 5.75 Å². The minimum Gasteiger partial charge on any atom is -0.238 e. The van der Waals surface area contributed by atoms with Gasteiger partial charge in [0.25, 0.3) is 0 Å². The van der Waals surface area contributed by atoms with E-state index >= 15 is 0 Å². The second-order valence-corrected chi connectivity index (χ2v) is 5.74. The van der Waals surface area contributed by atoms with E-state index in [1.54, 1.807) is 12.1 Å². The van der Waals surface area contributed by atoms with Crippen LogP contribution in [0.25, 0.3) is 4.85 Å². The molecule has 0 atom stereocenters. The maximum atomic E-state index is 11.8. The first kappa shape index (κ1) is 12.7. The predicted molar refractivity (Wildman–Crippen MR) is 64.3 cm³/mol. The molecule has 86 valence electrons. The number of unbranched alkanes of at least 4 members (excludes halogenated alkanes) is 2. The lowest BCUT2D eigenvalue weighted by molar-refractivity contribution is 0.591. The van der Waals surface area contributed by atoms with E-state index in [1.165, 1.54) is 12.1 Å². The summed E-state index contributed by atoms with van der Waals surface area (Å²) in [6.45, 7) is 8.82. The largest absolute Gasteiger partial charge is 0.238 e. The molecule has 0 aliphatic rings. The summed E-state index contributed by atoms with van der Waals surface area (Å²) in [5.74, 6) is 0.193. The summed E-state index contributed by atoms with van der Waals surface area (Å²) in [7, 11) is -3.16. The summed E-state index contributed by atoms with van der Waals surface area (Å²) in [4.78, 5) is 3.54. The number of sulfone groups is 1. The van der Waals surface area contributed by atoms with Crippen LogP contribution in [-0.2, 0) is 9.84 Å². The molecule has 1 rings (SSSR count). The first-order chi connectivity index (χ1) is 7.60. The highest BCUT2D eigenvalue weighted by atomic mass is 32.2. The Hall–Kier alpha value is -1.34. The molecule has 16 heavy (non-hydrogen) atoms. The molecule has 0 spiro atoms. The molecule has 0 aliphatic carbocycles. The van der Waals surface area contributed by atoms with E-state index < -0.39 is 9.84 Å². The van der Waals surface area contributed by atoms with E-state index in [9.17, 15) is 8.42 Å². The van der Waals surface area contributed by atoms with Crippen LogP contribution >= 0.6 is 0 Å². The third kappa shape index (κ3) is 3.35. The van der Waals surface area contributed by atoms with E-state index in [0.717, 1.165) is 12.8 Å². The van der Waals surface area contributed by atoms with Gasteiger partial charge in [0.2, 0.25) is 0 Å². The van der Waals surface area contributed by atoms with Crippen LogP contribution in [0.2, 0.25) is 0 Å². The van der Waals surface area contributed by atoms with Crippen molar-refractivity contribution in [3.63, 3.8) is 0 Å². The quantitative estimate of drug-likeness (QED) is 0.582. The van der Waals surface area contributed by atoms with Crippen molar-refractivity contribution in [3.05, 3.63) is 35.7 Å². The van der Waals surface area contributed by atoms with Gasteiger partial charge in [-0.15, -0.1) is 0 Å². The zero-order valence-electron chi connectivity index (χ0n) is 9.31. The van der Waals surface area contributed by atoms with Crippen molar-refractivity contribution in [1.29, 1.82) is 0 Å². The first-order valence-electron chi connectivity index (χ1n) is 5.30. The summed E-state index contributed by atoms with van der Waals surface area (Å²) < 4.78 is 23.7. The highest BCUT2D eigenvalue weighted by Crippen LogP contribution is 2.18. The van der Waals surface area contributed by atoms with Gasteiger partial charge in [-0.2, -0.15) is 0 Å². The summed E-state index contributed by atoms with van der Waals surface area (Å²) in [6.07, 6.45) is 2.63. The molecule has 1 aromatic rings. The molecular formula is C12H15NO2S.